The van der Waals surface area contributed by atoms with E-state index in [1.807, 2.05) is 0 Å². The van der Waals surface area contributed by atoms with Gasteiger partial charge in [-0.05, 0) is 19.3 Å². The Bertz CT molecular complexity index is 212. The number of carbonyl (C=O) groups is 1. The summed E-state index contributed by atoms with van der Waals surface area (Å²) in [5.41, 5.74) is 0. The van der Waals surface area contributed by atoms with Crippen molar-refractivity contribution in [3.8, 4) is 0 Å². The average molecular weight is 350 g/mol. The molecule has 0 saturated carbocycles. The lowest BCUT2D eigenvalue weighted by molar-refractivity contribution is -0.169. The molecular formula is C10H17F2IO3. The van der Waals surface area contributed by atoms with E-state index in [0.717, 1.165) is 20.0 Å². The minimum absolute atomic E-state index is 0.0969. The fraction of sp³-hybridized carbons (Fsp3) is 0.900. The van der Waals surface area contributed by atoms with Gasteiger partial charge in [0.25, 0.3) is 0 Å². The number of aliphatic hydroxyl groups excluding tert-OH is 1. The van der Waals surface area contributed by atoms with Crippen LogP contribution in [0, 0.1) is 0 Å². The molecule has 0 aliphatic carbocycles. The zero-order valence-electron chi connectivity index (χ0n) is 9.22. The number of aliphatic hydroxyl groups is 1. The number of halogens is 3. The van der Waals surface area contributed by atoms with E-state index in [1.54, 1.807) is 0 Å². The van der Waals surface area contributed by atoms with Crippen LogP contribution in [0.15, 0.2) is 0 Å². The molecule has 1 atom stereocenters. The summed E-state index contributed by atoms with van der Waals surface area (Å²) in [7, 11) is 0.957. The van der Waals surface area contributed by atoms with Crippen LogP contribution in [0.1, 0.15) is 32.1 Å². The predicted molar refractivity (Wildman–Crippen MR) is 64.9 cm³/mol. The molecule has 0 rings (SSSR count). The molecule has 0 fully saturated rings. The van der Waals surface area contributed by atoms with Gasteiger partial charge in [-0.15, -0.1) is 0 Å². The fourth-order valence-corrected chi connectivity index (χ4v) is 1.96. The Kier molecular flexibility index (Phi) is 8.17. The highest BCUT2D eigenvalue weighted by atomic mass is 127. The van der Waals surface area contributed by atoms with Crippen molar-refractivity contribution in [2.45, 2.75) is 42.0 Å². The van der Waals surface area contributed by atoms with Crippen LogP contribution in [-0.2, 0) is 9.53 Å². The molecule has 0 bridgehead atoms. The number of hydrogen-bond acceptors (Lipinski definition) is 3. The molecule has 6 heteroatoms. The number of carbonyl (C=O) groups excluding carboxylic acids is 1. The summed E-state index contributed by atoms with van der Waals surface area (Å²) < 4.78 is 30.2. The molecule has 0 heterocycles. The summed E-state index contributed by atoms with van der Waals surface area (Å²) >= 11 is 2.09. The maximum atomic E-state index is 13.0. The van der Waals surface area contributed by atoms with E-state index in [-0.39, 0.29) is 17.0 Å². The molecule has 16 heavy (non-hydrogen) atoms. The minimum Gasteiger partial charge on any atom is -0.465 e. The highest BCUT2D eigenvalue weighted by Gasteiger charge is 2.39. The summed E-state index contributed by atoms with van der Waals surface area (Å²) in [6, 6.07) is 0. The van der Waals surface area contributed by atoms with Crippen molar-refractivity contribution >= 4 is 28.6 Å². The lowest BCUT2D eigenvalue weighted by atomic mass is 10.1. The largest absolute Gasteiger partial charge is 0.465 e. The van der Waals surface area contributed by atoms with E-state index in [4.69, 9.17) is 5.11 Å². The average Bonchev–Trinajstić information content (AvgIpc) is 2.25. The smallest absolute Gasteiger partial charge is 0.376 e. The maximum absolute atomic E-state index is 13.0. The molecule has 0 spiro atoms. The first-order valence-corrected chi connectivity index (χ1v) is 6.39. The summed E-state index contributed by atoms with van der Waals surface area (Å²) in [6.07, 6.45) is 2.07. The van der Waals surface area contributed by atoms with E-state index >= 15 is 0 Å². The van der Waals surface area contributed by atoms with Gasteiger partial charge in [0.2, 0.25) is 0 Å². The number of esters is 1. The van der Waals surface area contributed by atoms with E-state index in [2.05, 4.69) is 27.3 Å². The second-order valence-electron chi connectivity index (χ2n) is 3.55. The van der Waals surface area contributed by atoms with Crippen molar-refractivity contribution in [1.82, 2.24) is 0 Å². The van der Waals surface area contributed by atoms with Crippen LogP contribution in [0.25, 0.3) is 0 Å². The second kappa shape index (κ2) is 8.16. The van der Waals surface area contributed by atoms with Gasteiger partial charge in [0, 0.05) is 17.0 Å². The zero-order chi connectivity index (χ0) is 12.6. The van der Waals surface area contributed by atoms with Crippen LogP contribution in [0.3, 0.4) is 0 Å². The van der Waals surface area contributed by atoms with Crippen LogP contribution < -0.4 is 0 Å². The molecule has 0 amide bonds. The van der Waals surface area contributed by atoms with Crippen molar-refractivity contribution in [2.75, 3.05) is 13.7 Å². The van der Waals surface area contributed by atoms with Crippen LogP contribution in [0.2, 0.25) is 0 Å². The second-order valence-corrected chi connectivity index (χ2v) is 5.31. The molecule has 0 radical (unpaired) electrons. The minimum atomic E-state index is -3.38. The lowest BCUT2D eigenvalue weighted by Gasteiger charge is -2.15. The first-order valence-electron chi connectivity index (χ1n) is 5.15. The number of unbranched alkanes of at least 4 members (excludes halogenated alkanes) is 1. The molecule has 0 aliphatic rings. The number of hydrogen-bond donors (Lipinski definition) is 1. The third-order valence-corrected chi connectivity index (χ3v) is 3.43. The van der Waals surface area contributed by atoms with E-state index in [9.17, 15) is 13.6 Å². The van der Waals surface area contributed by atoms with E-state index in [0.29, 0.717) is 6.42 Å². The van der Waals surface area contributed by atoms with Gasteiger partial charge in [0.1, 0.15) is 0 Å². The molecule has 1 unspecified atom stereocenters. The third-order valence-electron chi connectivity index (χ3n) is 2.18. The van der Waals surface area contributed by atoms with Crippen molar-refractivity contribution in [3.63, 3.8) is 0 Å². The van der Waals surface area contributed by atoms with E-state index < -0.39 is 18.3 Å². The van der Waals surface area contributed by atoms with Crippen molar-refractivity contribution in [1.29, 1.82) is 0 Å². The van der Waals surface area contributed by atoms with Gasteiger partial charge in [-0.1, -0.05) is 29.0 Å². The molecule has 0 aromatic carbocycles. The Morgan fingerprint density at radius 1 is 1.44 bits per heavy atom. The topological polar surface area (TPSA) is 46.5 Å². The molecular weight excluding hydrogens is 333 g/mol. The zero-order valence-corrected chi connectivity index (χ0v) is 11.4. The lowest BCUT2D eigenvalue weighted by Crippen LogP contribution is -2.30. The van der Waals surface area contributed by atoms with Gasteiger partial charge < -0.3 is 9.84 Å². The predicted octanol–water partition coefficient (Wildman–Crippen LogP) is 2.54. The van der Waals surface area contributed by atoms with Gasteiger partial charge >= 0.3 is 11.9 Å². The first kappa shape index (κ1) is 16.0. The number of alkyl halides is 3. The van der Waals surface area contributed by atoms with Crippen molar-refractivity contribution < 1.29 is 23.4 Å². The number of rotatable bonds is 8. The molecule has 0 saturated heterocycles. The van der Waals surface area contributed by atoms with Gasteiger partial charge in [-0.2, -0.15) is 8.78 Å². The highest BCUT2D eigenvalue weighted by molar-refractivity contribution is 14.1. The van der Waals surface area contributed by atoms with Gasteiger partial charge in [-0.25, -0.2) is 4.79 Å². The molecule has 0 aliphatic heterocycles. The summed E-state index contributed by atoms with van der Waals surface area (Å²) in [5.74, 6) is -4.85. The fourth-order valence-electron chi connectivity index (χ4n) is 1.21. The first-order chi connectivity index (χ1) is 7.44. The Morgan fingerprint density at radius 3 is 2.56 bits per heavy atom. The molecule has 0 aromatic heterocycles. The summed E-state index contributed by atoms with van der Waals surface area (Å²) in [6.45, 7) is 0.127. The van der Waals surface area contributed by atoms with E-state index in [1.165, 1.54) is 0 Å². The van der Waals surface area contributed by atoms with Gasteiger partial charge in [-0.3, -0.25) is 0 Å². The monoisotopic (exact) mass is 350 g/mol. The van der Waals surface area contributed by atoms with Crippen LogP contribution in [0.5, 0.6) is 0 Å². The SMILES string of the molecule is COC(=O)C(F)(F)CCC(I)CCCCO. The number of ether oxygens (including phenoxy) is 1. The maximum Gasteiger partial charge on any atom is 0.376 e. The third kappa shape index (κ3) is 6.57. The van der Waals surface area contributed by atoms with Crippen LogP contribution >= 0.6 is 22.6 Å². The van der Waals surface area contributed by atoms with Gasteiger partial charge in [0.05, 0.1) is 7.11 Å². The summed E-state index contributed by atoms with van der Waals surface area (Å²) in [5, 5.41) is 8.56. The molecule has 0 aromatic rings. The normalized spacial score (nSPS) is 13.6. The van der Waals surface area contributed by atoms with Crippen molar-refractivity contribution in [3.05, 3.63) is 0 Å². The molecule has 3 nitrogen and oxygen atoms in total. The standard InChI is InChI=1S/C10H17F2IO3/c1-16-9(15)10(11,12)6-5-8(13)4-2-3-7-14/h8,14H,2-7H2,1H3. The van der Waals surface area contributed by atoms with Crippen LogP contribution in [-0.4, -0.2) is 34.6 Å². The Labute approximate surface area is 108 Å². The Morgan fingerprint density at radius 2 is 2.06 bits per heavy atom. The van der Waals surface area contributed by atoms with Crippen molar-refractivity contribution in [2.24, 2.45) is 0 Å². The van der Waals surface area contributed by atoms with Gasteiger partial charge in [0.15, 0.2) is 0 Å². The molecule has 96 valence electrons. The van der Waals surface area contributed by atoms with Crippen LogP contribution in [0.4, 0.5) is 8.78 Å². The Hall–Kier alpha value is 0.0200. The Balaban J connectivity index is 3.81. The highest BCUT2D eigenvalue weighted by Crippen LogP contribution is 2.26. The molecule has 1 N–H and O–H groups in total. The number of methoxy groups -OCH3 is 1. The summed E-state index contributed by atoms with van der Waals surface area (Å²) in [4.78, 5) is 10.7. The quantitative estimate of drug-likeness (QED) is 0.317.